The first-order valence-corrected chi connectivity index (χ1v) is 4.60. The fourth-order valence-corrected chi connectivity index (χ4v) is 1.43. The van der Waals surface area contributed by atoms with E-state index in [1.165, 1.54) is 12.1 Å². The minimum atomic E-state index is -0.739. The second-order valence-corrected chi connectivity index (χ2v) is 3.59. The van der Waals surface area contributed by atoms with E-state index in [1.54, 1.807) is 0 Å². The van der Waals surface area contributed by atoms with Crippen molar-refractivity contribution in [3.8, 4) is 11.8 Å². The van der Waals surface area contributed by atoms with Gasteiger partial charge in [0, 0.05) is 16.5 Å². The van der Waals surface area contributed by atoms with Crippen molar-refractivity contribution < 1.29 is 4.79 Å². The molecule has 0 saturated heterocycles. The van der Waals surface area contributed by atoms with E-state index < -0.39 is 5.91 Å². The van der Waals surface area contributed by atoms with Gasteiger partial charge in [-0.1, -0.05) is 40.7 Å². The van der Waals surface area contributed by atoms with Crippen LogP contribution in [0.15, 0.2) is 12.1 Å². The van der Waals surface area contributed by atoms with Crippen LogP contribution >= 0.6 is 34.8 Å². The predicted octanol–water partition coefficient (Wildman–Crippen LogP) is 2.48. The van der Waals surface area contributed by atoms with Crippen molar-refractivity contribution in [2.24, 2.45) is 5.73 Å². The van der Waals surface area contributed by atoms with Gasteiger partial charge in [-0.2, -0.15) is 0 Å². The molecular weight excluding hydrogens is 244 g/mol. The van der Waals surface area contributed by atoms with Crippen LogP contribution in [0, 0.1) is 11.8 Å². The first-order valence-electron chi connectivity index (χ1n) is 3.46. The van der Waals surface area contributed by atoms with Crippen molar-refractivity contribution >= 4 is 40.7 Å². The fraction of sp³-hybridized carbons (Fsp3) is 0. The number of benzene rings is 1. The van der Waals surface area contributed by atoms with Gasteiger partial charge in [0.1, 0.15) is 0 Å². The molecular formula is C9H4Cl3NO. The number of nitrogens with two attached hydrogens (primary N) is 1. The largest absolute Gasteiger partial charge is 0.359 e. The number of primary amides is 1. The molecule has 0 heterocycles. The van der Waals surface area contributed by atoms with Gasteiger partial charge < -0.3 is 5.73 Å². The van der Waals surface area contributed by atoms with Gasteiger partial charge >= 0.3 is 0 Å². The van der Waals surface area contributed by atoms with Crippen molar-refractivity contribution in [1.82, 2.24) is 0 Å². The number of rotatable bonds is 0. The summed E-state index contributed by atoms with van der Waals surface area (Å²) in [5.74, 6) is 3.87. The first-order chi connectivity index (χ1) is 6.50. The molecule has 2 nitrogen and oxygen atoms in total. The van der Waals surface area contributed by atoms with Gasteiger partial charge in [0.15, 0.2) is 0 Å². The topological polar surface area (TPSA) is 43.1 Å². The second-order valence-electron chi connectivity index (χ2n) is 2.36. The summed E-state index contributed by atoms with van der Waals surface area (Å²) in [6, 6.07) is 2.99. The van der Waals surface area contributed by atoms with Crippen LogP contribution in [0.25, 0.3) is 0 Å². The summed E-state index contributed by atoms with van der Waals surface area (Å²) in [5.41, 5.74) is 5.22. The Morgan fingerprint density at radius 3 is 2.50 bits per heavy atom. The Morgan fingerprint density at radius 1 is 1.29 bits per heavy atom. The van der Waals surface area contributed by atoms with Crippen LogP contribution in [0.4, 0.5) is 0 Å². The molecule has 0 unspecified atom stereocenters. The van der Waals surface area contributed by atoms with E-state index in [4.69, 9.17) is 40.5 Å². The third kappa shape index (κ3) is 2.81. The number of amides is 1. The van der Waals surface area contributed by atoms with Crippen LogP contribution in [0.3, 0.4) is 0 Å². The predicted molar refractivity (Wildman–Crippen MR) is 57.5 cm³/mol. The van der Waals surface area contributed by atoms with Gasteiger partial charge in [0.2, 0.25) is 0 Å². The Hall–Kier alpha value is -0.880. The number of carbonyl (C=O) groups is 1. The lowest BCUT2D eigenvalue weighted by molar-refractivity contribution is -0.112. The summed E-state index contributed by atoms with van der Waals surface area (Å²) in [5, 5.41) is 0.936. The lowest BCUT2D eigenvalue weighted by Crippen LogP contribution is -2.06. The van der Waals surface area contributed by atoms with Gasteiger partial charge in [-0.15, -0.1) is 0 Å². The molecule has 1 aromatic rings. The molecule has 0 saturated carbocycles. The Morgan fingerprint density at radius 2 is 1.93 bits per heavy atom. The maximum Gasteiger partial charge on any atom is 0.293 e. The molecule has 1 aromatic carbocycles. The Bertz CT molecular complexity index is 445. The molecule has 0 spiro atoms. The first kappa shape index (κ1) is 11.2. The Labute approximate surface area is 95.9 Å². The van der Waals surface area contributed by atoms with Crippen molar-refractivity contribution in [2.75, 3.05) is 0 Å². The van der Waals surface area contributed by atoms with Crippen LogP contribution < -0.4 is 5.73 Å². The maximum absolute atomic E-state index is 10.4. The zero-order valence-electron chi connectivity index (χ0n) is 6.77. The molecule has 0 bridgehead atoms. The monoisotopic (exact) mass is 247 g/mol. The van der Waals surface area contributed by atoms with E-state index in [0.717, 1.165) is 0 Å². The van der Waals surface area contributed by atoms with Crippen LogP contribution in [-0.4, -0.2) is 5.91 Å². The van der Waals surface area contributed by atoms with E-state index >= 15 is 0 Å². The highest BCUT2D eigenvalue weighted by molar-refractivity contribution is 6.44. The molecule has 14 heavy (non-hydrogen) atoms. The van der Waals surface area contributed by atoms with Crippen molar-refractivity contribution in [3.05, 3.63) is 32.8 Å². The molecule has 0 aliphatic rings. The molecule has 0 atom stereocenters. The smallest absolute Gasteiger partial charge is 0.293 e. The maximum atomic E-state index is 10.4. The highest BCUT2D eigenvalue weighted by atomic mass is 35.5. The molecule has 0 radical (unpaired) electrons. The van der Waals surface area contributed by atoms with E-state index in [0.29, 0.717) is 10.6 Å². The molecule has 1 amide bonds. The minimum Gasteiger partial charge on any atom is -0.359 e. The normalized spacial score (nSPS) is 9.07. The van der Waals surface area contributed by atoms with Crippen LogP contribution in [-0.2, 0) is 4.79 Å². The van der Waals surface area contributed by atoms with Gasteiger partial charge in [-0.05, 0) is 12.1 Å². The quantitative estimate of drug-likeness (QED) is 0.556. The zero-order chi connectivity index (χ0) is 10.7. The number of hydrogen-bond acceptors (Lipinski definition) is 1. The van der Waals surface area contributed by atoms with Crippen LogP contribution in [0.1, 0.15) is 5.56 Å². The van der Waals surface area contributed by atoms with Crippen molar-refractivity contribution in [3.63, 3.8) is 0 Å². The molecule has 2 N–H and O–H groups in total. The molecule has 5 heteroatoms. The Kier molecular flexibility index (Phi) is 3.65. The molecule has 0 aliphatic carbocycles. The van der Waals surface area contributed by atoms with Crippen molar-refractivity contribution in [1.29, 1.82) is 0 Å². The van der Waals surface area contributed by atoms with E-state index in [9.17, 15) is 4.79 Å². The SMILES string of the molecule is NC(=O)C#Cc1cc(Cl)cc(Cl)c1Cl. The van der Waals surface area contributed by atoms with E-state index in [-0.39, 0.29) is 10.0 Å². The third-order valence-corrected chi connectivity index (χ3v) is 2.33. The number of carbonyl (C=O) groups excluding carboxylic acids is 1. The van der Waals surface area contributed by atoms with E-state index in [2.05, 4.69) is 11.8 Å². The summed E-state index contributed by atoms with van der Waals surface area (Å²) in [6.07, 6.45) is 0. The number of hydrogen-bond donors (Lipinski definition) is 1. The van der Waals surface area contributed by atoms with Crippen molar-refractivity contribution in [2.45, 2.75) is 0 Å². The lowest BCUT2D eigenvalue weighted by Gasteiger charge is -1.99. The lowest BCUT2D eigenvalue weighted by atomic mass is 10.2. The van der Waals surface area contributed by atoms with Crippen LogP contribution in [0.5, 0.6) is 0 Å². The third-order valence-electron chi connectivity index (χ3n) is 1.31. The highest BCUT2D eigenvalue weighted by Gasteiger charge is 2.04. The van der Waals surface area contributed by atoms with Crippen LogP contribution in [0.2, 0.25) is 15.1 Å². The molecule has 0 aromatic heterocycles. The van der Waals surface area contributed by atoms with Gasteiger partial charge in [0.05, 0.1) is 10.0 Å². The summed E-state index contributed by atoms with van der Waals surface area (Å²) >= 11 is 17.2. The number of halogens is 3. The minimum absolute atomic E-state index is 0.254. The average Bonchev–Trinajstić information content (AvgIpc) is 2.08. The average molecular weight is 248 g/mol. The summed E-state index contributed by atoms with van der Waals surface area (Å²) in [7, 11) is 0. The molecule has 72 valence electrons. The zero-order valence-corrected chi connectivity index (χ0v) is 9.04. The second kappa shape index (κ2) is 4.56. The van der Waals surface area contributed by atoms with Gasteiger partial charge in [-0.3, -0.25) is 4.79 Å². The van der Waals surface area contributed by atoms with E-state index in [1.807, 2.05) is 0 Å². The highest BCUT2D eigenvalue weighted by Crippen LogP contribution is 2.28. The summed E-state index contributed by atoms with van der Waals surface area (Å²) < 4.78 is 0. The van der Waals surface area contributed by atoms with Gasteiger partial charge in [0.25, 0.3) is 5.91 Å². The molecule has 0 aliphatic heterocycles. The summed E-state index contributed by atoms with van der Waals surface area (Å²) in [4.78, 5) is 10.4. The molecule has 0 fully saturated rings. The standard InChI is InChI=1S/C9H4Cl3NO/c10-6-3-5(1-2-8(13)14)9(12)7(11)4-6/h3-4H,(H2,13,14). The summed E-state index contributed by atoms with van der Waals surface area (Å²) in [6.45, 7) is 0. The molecule has 1 rings (SSSR count). The van der Waals surface area contributed by atoms with Gasteiger partial charge in [-0.25, -0.2) is 0 Å². The Balaban J connectivity index is 3.23. The fourth-order valence-electron chi connectivity index (χ4n) is 0.776.